The minimum atomic E-state index is 0.280. The zero-order chi connectivity index (χ0) is 12.7. The Labute approximate surface area is 111 Å². The molecule has 6 heteroatoms. The predicted molar refractivity (Wildman–Crippen MR) is 72.1 cm³/mol. The van der Waals surface area contributed by atoms with Crippen LogP contribution in [-0.4, -0.2) is 32.5 Å². The van der Waals surface area contributed by atoms with Crippen LogP contribution < -0.4 is 4.90 Å². The van der Waals surface area contributed by atoms with Gasteiger partial charge in [-0.2, -0.15) is 9.97 Å². The van der Waals surface area contributed by atoms with E-state index in [4.69, 9.17) is 11.6 Å². The van der Waals surface area contributed by atoms with E-state index in [0.29, 0.717) is 6.04 Å². The van der Waals surface area contributed by atoms with Crippen LogP contribution in [0.15, 0.2) is 0 Å². The second kappa shape index (κ2) is 4.39. The van der Waals surface area contributed by atoms with Gasteiger partial charge in [0.1, 0.15) is 5.82 Å². The highest BCUT2D eigenvalue weighted by Gasteiger charge is 2.25. The van der Waals surface area contributed by atoms with Crippen molar-refractivity contribution in [3.8, 4) is 0 Å². The van der Waals surface area contributed by atoms with Gasteiger partial charge in [0.2, 0.25) is 5.28 Å². The van der Waals surface area contributed by atoms with Crippen molar-refractivity contribution in [1.29, 1.82) is 0 Å². The molecule has 0 bridgehead atoms. The lowest BCUT2D eigenvalue weighted by Crippen LogP contribution is -2.27. The van der Waals surface area contributed by atoms with E-state index in [0.717, 1.165) is 35.8 Å². The van der Waals surface area contributed by atoms with Gasteiger partial charge in [-0.05, 0) is 31.4 Å². The van der Waals surface area contributed by atoms with Crippen molar-refractivity contribution in [3.05, 3.63) is 11.1 Å². The smallest absolute Gasteiger partial charge is 0.226 e. The van der Waals surface area contributed by atoms with Crippen LogP contribution in [0.4, 0.5) is 5.82 Å². The Hall–Kier alpha value is -1.36. The second-order valence-corrected chi connectivity index (χ2v) is 5.07. The molecule has 1 N–H and O–H groups in total. The number of aromatic amines is 1. The fraction of sp³-hybridized carbons (Fsp3) is 0.583. The molecule has 3 rings (SSSR count). The van der Waals surface area contributed by atoms with Gasteiger partial charge in [0, 0.05) is 19.0 Å². The molecule has 2 aromatic heterocycles. The number of aromatic nitrogens is 4. The molecule has 2 aromatic rings. The second-order valence-electron chi connectivity index (χ2n) is 4.74. The summed E-state index contributed by atoms with van der Waals surface area (Å²) in [7, 11) is 0. The van der Waals surface area contributed by atoms with Crippen molar-refractivity contribution in [2.24, 2.45) is 0 Å². The van der Waals surface area contributed by atoms with E-state index in [2.05, 4.69) is 38.7 Å². The summed E-state index contributed by atoms with van der Waals surface area (Å²) < 4.78 is 0. The summed E-state index contributed by atoms with van der Waals surface area (Å²) in [5.74, 6) is 1.79. The molecule has 1 atom stereocenters. The number of anilines is 1. The summed E-state index contributed by atoms with van der Waals surface area (Å²) in [6, 6.07) is 0.487. The van der Waals surface area contributed by atoms with Crippen molar-refractivity contribution < 1.29 is 0 Å². The zero-order valence-electron chi connectivity index (χ0n) is 10.6. The van der Waals surface area contributed by atoms with Crippen LogP contribution in [0.3, 0.4) is 0 Å². The lowest BCUT2D eigenvalue weighted by molar-refractivity contribution is 0.728. The third-order valence-corrected chi connectivity index (χ3v) is 3.68. The molecule has 3 heterocycles. The molecule has 0 amide bonds. The molecule has 5 nitrogen and oxygen atoms in total. The third kappa shape index (κ3) is 1.82. The number of H-pyrrole nitrogens is 1. The Balaban J connectivity index is 2.17. The fourth-order valence-corrected chi connectivity index (χ4v) is 2.69. The highest BCUT2D eigenvalue weighted by Crippen LogP contribution is 2.29. The molecule has 1 unspecified atom stereocenters. The van der Waals surface area contributed by atoms with Gasteiger partial charge >= 0.3 is 0 Å². The number of halogens is 1. The predicted octanol–water partition coefficient (Wildman–Crippen LogP) is 2.56. The van der Waals surface area contributed by atoms with E-state index in [1.165, 1.54) is 12.8 Å². The highest BCUT2D eigenvalue weighted by molar-refractivity contribution is 6.28. The lowest BCUT2D eigenvalue weighted by atomic mass is 10.2. The molecular weight excluding hydrogens is 250 g/mol. The Morgan fingerprint density at radius 3 is 2.89 bits per heavy atom. The molecule has 0 radical (unpaired) electrons. The molecular formula is C12H16ClN5. The van der Waals surface area contributed by atoms with Gasteiger partial charge in [0.25, 0.3) is 0 Å². The number of rotatable bonds is 2. The van der Waals surface area contributed by atoms with Crippen LogP contribution >= 0.6 is 11.6 Å². The van der Waals surface area contributed by atoms with E-state index < -0.39 is 0 Å². The molecule has 0 aromatic carbocycles. The molecule has 1 aliphatic heterocycles. The number of nitrogens with one attached hydrogen (secondary N) is 1. The standard InChI is InChI=1S/C12H16ClN5/c1-3-8-14-9-10(15-8)16-12(13)17-11(9)18-6-4-5-7(18)2/h7H,3-6H2,1-2H3,(H,14,15,16,17). The SMILES string of the molecule is CCc1nc2c(N3CCCC3C)nc(Cl)nc2[nH]1. The fourth-order valence-electron chi connectivity index (χ4n) is 2.52. The molecule has 0 aliphatic carbocycles. The van der Waals surface area contributed by atoms with E-state index >= 15 is 0 Å². The van der Waals surface area contributed by atoms with Crippen molar-refractivity contribution in [1.82, 2.24) is 19.9 Å². The monoisotopic (exact) mass is 265 g/mol. The van der Waals surface area contributed by atoms with Gasteiger partial charge in [-0.1, -0.05) is 6.92 Å². The van der Waals surface area contributed by atoms with Gasteiger partial charge in [0.05, 0.1) is 0 Å². The number of imidazole rings is 1. The Morgan fingerprint density at radius 2 is 2.22 bits per heavy atom. The van der Waals surface area contributed by atoms with Gasteiger partial charge in [-0.15, -0.1) is 0 Å². The number of hydrogen-bond acceptors (Lipinski definition) is 4. The number of hydrogen-bond donors (Lipinski definition) is 1. The third-order valence-electron chi connectivity index (χ3n) is 3.51. The quantitative estimate of drug-likeness (QED) is 0.848. The van der Waals surface area contributed by atoms with E-state index in [1.54, 1.807) is 0 Å². The van der Waals surface area contributed by atoms with Crippen molar-refractivity contribution in [2.75, 3.05) is 11.4 Å². The number of fused-ring (bicyclic) bond motifs is 1. The van der Waals surface area contributed by atoms with Crippen LogP contribution in [-0.2, 0) is 6.42 Å². The first-order valence-electron chi connectivity index (χ1n) is 6.37. The topological polar surface area (TPSA) is 57.7 Å². The summed E-state index contributed by atoms with van der Waals surface area (Å²) in [5.41, 5.74) is 1.57. The summed E-state index contributed by atoms with van der Waals surface area (Å²) >= 11 is 6.01. The van der Waals surface area contributed by atoms with Crippen LogP contribution in [0.1, 0.15) is 32.5 Å². The summed E-state index contributed by atoms with van der Waals surface area (Å²) in [5, 5.41) is 0.280. The molecule has 0 saturated carbocycles. The Kier molecular flexibility index (Phi) is 2.86. The number of aryl methyl sites for hydroxylation is 1. The van der Waals surface area contributed by atoms with E-state index in [1.807, 2.05) is 0 Å². The van der Waals surface area contributed by atoms with E-state index in [-0.39, 0.29) is 5.28 Å². The average Bonchev–Trinajstić information content (AvgIpc) is 2.93. The van der Waals surface area contributed by atoms with Crippen LogP contribution in [0, 0.1) is 0 Å². The van der Waals surface area contributed by atoms with Gasteiger partial charge in [0.15, 0.2) is 17.0 Å². The zero-order valence-corrected chi connectivity index (χ0v) is 11.3. The van der Waals surface area contributed by atoms with Crippen LogP contribution in [0.5, 0.6) is 0 Å². The van der Waals surface area contributed by atoms with Crippen molar-refractivity contribution in [3.63, 3.8) is 0 Å². The summed E-state index contributed by atoms with van der Waals surface area (Å²) in [6.45, 7) is 5.28. The summed E-state index contributed by atoms with van der Waals surface area (Å²) in [4.78, 5) is 18.6. The number of nitrogens with zero attached hydrogens (tertiary/aromatic N) is 4. The largest absolute Gasteiger partial charge is 0.352 e. The summed E-state index contributed by atoms with van der Waals surface area (Å²) in [6.07, 6.45) is 3.23. The molecule has 96 valence electrons. The lowest BCUT2D eigenvalue weighted by Gasteiger charge is -2.22. The first kappa shape index (κ1) is 11.7. The molecule has 1 fully saturated rings. The van der Waals surface area contributed by atoms with Gasteiger partial charge in [-0.3, -0.25) is 0 Å². The van der Waals surface area contributed by atoms with Gasteiger partial charge in [-0.25, -0.2) is 4.98 Å². The van der Waals surface area contributed by atoms with Crippen molar-refractivity contribution >= 4 is 28.6 Å². The molecule has 1 aliphatic rings. The Bertz CT molecular complexity index is 579. The highest BCUT2D eigenvalue weighted by atomic mass is 35.5. The molecule has 0 spiro atoms. The van der Waals surface area contributed by atoms with E-state index in [9.17, 15) is 0 Å². The maximum absolute atomic E-state index is 6.01. The first-order chi connectivity index (χ1) is 8.69. The normalized spacial score (nSPS) is 19.9. The van der Waals surface area contributed by atoms with Crippen LogP contribution in [0.25, 0.3) is 11.2 Å². The molecule has 1 saturated heterocycles. The average molecular weight is 266 g/mol. The minimum absolute atomic E-state index is 0.280. The maximum atomic E-state index is 6.01. The molecule has 18 heavy (non-hydrogen) atoms. The maximum Gasteiger partial charge on any atom is 0.226 e. The minimum Gasteiger partial charge on any atom is -0.352 e. The Morgan fingerprint density at radius 1 is 1.39 bits per heavy atom. The van der Waals surface area contributed by atoms with Crippen molar-refractivity contribution in [2.45, 2.75) is 39.2 Å². The first-order valence-corrected chi connectivity index (χ1v) is 6.75. The van der Waals surface area contributed by atoms with Crippen LogP contribution in [0.2, 0.25) is 5.28 Å². The van der Waals surface area contributed by atoms with Gasteiger partial charge < -0.3 is 9.88 Å².